The monoisotopic (exact) mass is 294 g/mol. The summed E-state index contributed by atoms with van der Waals surface area (Å²) in [4.78, 5) is 13.5. The molecule has 0 fully saturated rings. The smallest absolute Gasteiger partial charge is 0.382 e. The Morgan fingerprint density at radius 3 is 2.15 bits per heavy atom. The van der Waals surface area contributed by atoms with Crippen molar-refractivity contribution in [1.82, 2.24) is 15.0 Å². The maximum Gasteiger partial charge on any atom is 0.416 e. The van der Waals surface area contributed by atoms with Gasteiger partial charge in [0.15, 0.2) is 6.10 Å². The Bertz CT molecular complexity index is 439. The van der Waals surface area contributed by atoms with Crippen molar-refractivity contribution < 1.29 is 18.3 Å². The zero-order chi connectivity index (χ0) is 15.3. The van der Waals surface area contributed by atoms with E-state index >= 15 is 0 Å². The largest absolute Gasteiger partial charge is 0.416 e. The van der Waals surface area contributed by atoms with Crippen LogP contribution in [0.25, 0.3) is 0 Å². The molecule has 3 N–H and O–H groups in total. The first kappa shape index (κ1) is 16.2. The van der Waals surface area contributed by atoms with Crippen molar-refractivity contribution in [2.45, 2.75) is 19.2 Å². The summed E-state index contributed by atoms with van der Waals surface area (Å²) in [6.45, 7) is 1.66. The van der Waals surface area contributed by atoms with Crippen molar-refractivity contribution in [3.63, 3.8) is 0 Å². The molecular weight excluding hydrogens is 277 g/mol. The number of alkyl halides is 3. The molecule has 114 valence electrons. The van der Waals surface area contributed by atoms with E-state index in [2.05, 4.69) is 25.6 Å². The van der Waals surface area contributed by atoms with Gasteiger partial charge in [-0.2, -0.15) is 28.1 Å². The number of nitrogens with zero attached hydrogens (tertiary/aromatic N) is 4. The topological polar surface area (TPSA) is 86.2 Å². The Balaban J connectivity index is 2.83. The van der Waals surface area contributed by atoms with Crippen molar-refractivity contribution >= 4 is 17.8 Å². The van der Waals surface area contributed by atoms with Gasteiger partial charge in [0.25, 0.3) is 0 Å². The summed E-state index contributed by atoms with van der Waals surface area (Å²) in [7, 11) is 3.39. The van der Waals surface area contributed by atoms with Crippen LogP contribution < -0.4 is 15.5 Å². The highest BCUT2D eigenvalue weighted by molar-refractivity contribution is 5.42. The minimum absolute atomic E-state index is 0.0389. The highest BCUT2D eigenvalue weighted by atomic mass is 19.4. The average molecular weight is 294 g/mol. The van der Waals surface area contributed by atoms with E-state index in [4.69, 9.17) is 5.11 Å². The fraction of sp³-hybridized carbons (Fsp3) is 0.700. The lowest BCUT2D eigenvalue weighted by molar-refractivity contribution is -0.198. The molecule has 0 bridgehead atoms. The van der Waals surface area contributed by atoms with Gasteiger partial charge < -0.3 is 20.6 Å². The maximum absolute atomic E-state index is 12.2. The normalized spacial score (nSPS) is 12.9. The van der Waals surface area contributed by atoms with E-state index in [1.165, 1.54) is 0 Å². The summed E-state index contributed by atoms with van der Waals surface area (Å²) in [6, 6.07) is 0. The predicted octanol–water partition coefficient (Wildman–Crippen LogP) is 0.704. The summed E-state index contributed by atoms with van der Waals surface area (Å²) >= 11 is 0. The van der Waals surface area contributed by atoms with Crippen LogP contribution in [0.4, 0.5) is 31.0 Å². The Morgan fingerprint density at radius 2 is 1.70 bits per heavy atom. The molecule has 0 aromatic carbocycles. The molecule has 0 aliphatic carbocycles. The molecule has 0 spiro atoms. The van der Waals surface area contributed by atoms with E-state index in [-0.39, 0.29) is 11.9 Å². The first-order chi connectivity index (χ1) is 9.24. The number of halogens is 3. The van der Waals surface area contributed by atoms with Gasteiger partial charge in [0.05, 0.1) is 6.54 Å². The quantitative estimate of drug-likeness (QED) is 0.712. The van der Waals surface area contributed by atoms with Crippen LogP contribution in [0, 0.1) is 0 Å². The van der Waals surface area contributed by atoms with Gasteiger partial charge in [0, 0.05) is 20.6 Å². The van der Waals surface area contributed by atoms with Gasteiger partial charge >= 0.3 is 6.18 Å². The lowest BCUT2D eigenvalue weighted by Gasteiger charge is -2.16. The molecule has 1 heterocycles. The van der Waals surface area contributed by atoms with Gasteiger partial charge in [-0.05, 0) is 6.92 Å². The van der Waals surface area contributed by atoms with Crippen LogP contribution in [0.1, 0.15) is 6.92 Å². The minimum atomic E-state index is -4.69. The van der Waals surface area contributed by atoms with Crippen molar-refractivity contribution in [1.29, 1.82) is 0 Å². The van der Waals surface area contributed by atoms with Gasteiger partial charge in [0.2, 0.25) is 17.8 Å². The standard InChI is InChI=1S/C10H17F3N6O/c1-4-14-7-16-8(18-9(17-7)19(2)3)15-5-6(20)10(11,12)13/h6,20H,4-5H2,1-3H3,(H2,14,15,16,17,18). The molecular formula is C10H17F3N6O. The zero-order valence-electron chi connectivity index (χ0n) is 11.4. The van der Waals surface area contributed by atoms with E-state index in [0.29, 0.717) is 12.5 Å². The second-order valence-corrected chi connectivity index (χ2v) is 4.15. The molecule has 0 aliphatic heterocycles. The average Bonchev–Trinajstić information content (AvgIpc) is 2.34. The van der Waals surface area contributed by atoms with E-state index in [1.807, 2.05) is 6.92 Å². The van der Waals surface area contributed by atoms with Crippen molar-refractivity contribution in [2.24, 2.45) is 0 Å². The van der Waals surface area contributed by atoms with Gasteiger partial charge in [-0.3, -0.25) is 0 Å². The molecule has 0 radical (unpaired) electrons. The summed E-state index contributed by atoms with van der Waals surface area (Å²) in [5.41, 5.74) is 0. The van der Waals surface area contributed by atoms with Crippen LogP contribution in [0.5, 0.6) is 0 Å². The van der Waals surface area contributed by atoms with Crippen LogP contribution >= 0.6 is 0 Å². The molecule has 7 nitrogen and oxygen atoms in total. The van der Waals surface area contributed by atoms with Gasteiger partial charge in [-0.1, -0.05) is 0 Å². The van der Waals surface area contributed by atoms with Crippen LogP contribution in [0.3, 0.4) is 0 Å². The number of anilines is 3. The second kappa shape index (κ2) is 6.55. The Morgan fingerprint density at radius 1 is 1.15 bits per heavy atom. The third kappa shape index (κ3) is 4.68. The number of hydrogen-bond donors (Lipinski definition) is 3. The highest BCUT2D eigenvalue weighted by Crippen LogP contribution is 2.20. The van der Waals surface area contributed by atoms with Crippen LogP contribution in [-0.2, 0) is 0 Å². The first-order valence-electron chi connectivity index (χ1n) is 5.90. The summed E-state index contributed by atoms with van der Waals surface area (Å²) in [5.74, 6) is 0.498. The fourth-order valence-electron chi connectivity index (χ4n) is 1.18. The number of aliphatic hydroxyl groups excluding tert-OH is 1. The number of rotatable bonds is 6. The summed E-state index contributed by atoms with van der Waals surface area (Å²) in [5, 5.41) is 14.1. The lowest BCUT2D eigenvalue weighted by atomic mass is 10.3. The summed E-state index contributed by atoms with van der Waals surface area (Å²) < 4.78 is 36.6. The zero-order valence-corrected chi connectivity index (χ0v) is 11.4. The molecule has 0 saturated heterocycles. The Hall–Kier alpha value is -1.84. The predicted molar refractivity (Wildman–Crippen MR) is 68.9 cm³/mol. The maximum atomic E-state index is 12.2. The molecule has 1 aromatic heterocycles. The second-order valence-electron chi connectivity index (χ2n) is 4.15. The molecule has 1 atom stereocenters. The van der Waals surface area contributed by atoms with Crippen molar-refractivity contribution in [2.75, 3.05) is 42.7 Å². The fourth-order valence-corrected chi connectivity index (χ4v) is 1.18. The molecule has 0 saturated carbocycles. The SMILES string of the molecule is CCNc1nc(NCC(O)C(F)(F)F)nc(N(C)C)n1. The van der Waals surface area contributed by atoms with Crippen LogP contribution in [0.15, 0.2) is 0 Å². The first-order valence-corrected chi connectivity index (χ1v) is 5.90. The lowest BCUT2D eigenvalue weighted by Crippen LogP contribution is -2.35. The number of aromatic nitrogens is 3. The molecule has 0 amide bonds. The molecule has 1 unspecified atom stereocenters. The van der Waals surface area contributed by atoms with E-state index in [9.17, 15) is 13.2 Å². The third-order valence-corrected chi connectivity index (χ3v) is 2.19. The highest BCUT2D eigenvalue weighted by Gasteiger charge is 2.38. The van der Waals surface area contributed by atoms with Crippen molar-refractivity contribution in [3.8, 4) is 0 Å². The van der Waals surface area contributed by atoms with E-state index in [0.717, 1.165) is 0 Å². The minimum Gasteiger partial charge on any atom is -0.382 e. The van der Waals surface area contributed by atoms with E-state index in [1.54, 1.807) is 19.0 Å². The molecule has 10 heteroatoms. The Labute approximate surface area is 114 Å². The van der Waals surface area contributed by atoms with Crippen LogP contribution in [-0.4, -0.2) is 59.5 Å². The van der Waals surface area contributed by atoms with Crippen molar-refractivity contribution in [3.05, 3.63) is 0 Å². The Kier molecular flexibility index (Phi) is 5.31. The third-order valence-electron chi connectivity index (χ3n) is 2.19. The summed E-state index contributed by atoms with van der Waals surface area (Å²) in [6.07, 6.45) is -7.17. The number of hydrogen-bond acceptors (Lipinski definition) is 7. The van der Waals surface area contributed by atoms with Gasteiger partial charge in [0.1, 0.15) is 0 Å². The number of nitrogens with one attached hydrogen (secondary N) is 2. The molecule has 1 aromatic rings. The molecule has 1 rings (SSSR count). The van der Waals surface area contributed by atoms with Gasteiger partial charge in [-0.15, -0.1) is 0 Å². The number of aliphatic hydroxyl groups is 1. The van der Waals surface area contributed by atoms with E-state index < -0.39 is 18.8 Å². The molecule has 20 heavy (non-hydrogen) atoms. The molecule has 0 aliphatic rings. The van der Waals surface area contributed by atoms with Gasteiger partial charge in [-0.25, -0.2) is 0 Å². The van der Waals surface area contributed by atoms with Crippen LogP contribution in [0.2, 0.25) is 0 Å².